The molecule has 0 atom stereocenters. The van der Waals surface area contributed by atoms with Gasteiger partial charge in [0.15, 0.2) is 0 Å². The van der Waals surface area contributed by atoms with Crippen LogP contribution in [0.1, 0.15) is 6.92 Å². The van der Waals surface area contributed by atoms with Gasteiger partial charge in [-0.15, -0.1) is 0 Å². The Hall–Kier alpha value is -1.33. The molecule has 0 spiro atoms. The van der Waals surface area contributed by atoms with Crippen LogP contribution in [0.5, 0.6) is 5.75 Å². The fourth-order valence-electron chi connectivity index (χ4n) is 1.04. The molecule has 0 heterocycles. The van der Waals surface area contributed by atoms with Gasteiger partial charge in [0.05, 0.1) is 17.8 Å². The molecule has 0 amide bonds. The molecule has 0 aliphatic carbocycles. The zero-order chi connectivity index (χ0) is 11.6. The van der Waals surface area contributed by atoms with Gasteiger partial charge in [0, 0.05) is 6.07 Å². The number of anilines is 1. The van der Waals surface area contributed by atoms with Crippen molar-refractivity contribution in [2.75, 3.05) is 12.1 Å². The molecule has 0 saturated carbocycles. The summed E-state index contributed by atoms with van der Waals surface area (Å²) in [7, 11) is 1.42. The summed E-state index contributed by atoms with van der Waals surface area (Å²) in [5, 5.41) is 8.35. The molecule has 0 aliphatic heterocycles. The number of hydrogen-bond acceptors (Lipinski definition) is 3. The Morgan fingerprint density at radius 3 is 2.67 bits per heavy atom. The number of ether oxygens (including phenoxy) is 1. The summed E-state index contributed by atoms with van der Waals surface area (Å²) in [6.07, 6.45) is 0. The largest absolute Gasteiger partial charge is 0.495 e. The molecule has 4 nitrogen and oxygen atoms in total. The van der Waals surface area contributed by atoms with Crippen LogP contribution in [0, 0.1) is 11.2 Å². The van der Waals surface area contributed by atoms with Crippen molar-refractivity contribution in [1.29, 1.82) is 5.41 Å². The number of benzene rings is 1. The maximum absolute atomic E-state index is 13.4. The third kappa shape index (κ3) is 2.37. The first-order chi connectivity index (χ1) is 6.97. The van der Waals surface area contributed by atoms with Crippen molar-refractivity contribution in [2.24, 2.45) is 5.84 Å². The number of nitrogens with two attached hydrogens (primary N) is 1. The topological polar surface area (TPSA) is 62.3 Å². The lowest BCUT2D eigenvalue weighted by Gasteiger charge is -2.18. The van der Waals surface area contributed by atoms with Crippen molar-refractivity contribution in [3.8, 4) is 5.75 Å². The molecule has 1 aromatic rings. The van der Waals surface area contributed by atoms with E-state index < -0.39 is 5.82 Å². The Morgan fingerprint density at radius 2 is 2.20 bits per heavy atom. The normalized spacial score (nSPS) is 9.93. The molecule has 0 radical (unpaired) electrons. The van der Waals surface area contributed by atoms with Gasteiger partial charge in [-0.1, -0.05) is 11.6 Å². The highest BCUT2D eigenvalue weighted by Gasteiger charge is 2.14. The molecule has 6 heteroatoms. The lowest BCUT2D eigenvalue weighted by molar-refractivity contribution is 0.414. The van der Waals surface area contributed by atoms with Crippen LogP contribution in [0.25, 0.3) is 0 Å². The fourth-order valence-corrected chi connectivity index (χ4v) is 1.27. The fraction of sp³-hybridized carbons (Fsp3) is 0.222. The van der Waals surface area contributed by atoms with Crippen molar-refractivity contribution in [2.45, 2.75) is 6.92 Å². The van der Waals surface area contributed by atoms with Gasteiger partial charge in [-0.2, -0.15) is 0 Å². The van der Waals surface area contributed by atoms with Crippen molar-refractivity contribution < 1.29 is 9.13 Å². The molecule has 0 aliphatic rings. The lowest BCUT2D eigenvalue weighted by atomic mass is 10.2. The van der Waals surface area contributed by atoms with Crippen molar-refractivity contribution in [3.63, 3.8) is 0 Å². The molecule has 0 unspecified atom stereocenters. The second kappa shape index (κ2) is 4.46. The predicted octanol–water partition coefficient (Wildman–Crippen LogP) is 2.16. The first kappa shape index (κ1) is 11.7. The van der Waals surface area contributed by atoms with Crippen LogP contribution in [0.15, 0.2) is 12.1 Å². The van der Waals surface area contributed by atoms with E-state index in [-0.39, 0.29) is 16.5 Å². The van der Waals surface area contributed by atoms with Gasteiger partial charge in [0.2, 0.25) is 0 Å². The summed E-state index contributed by atoms with van der Waals surface area (Å²) < 4.78 is 18.3. The van der Waals surface area contributed by atoms with E-state index in [1.165, 1.54) is 20.1 Å². The highest BCUT2D eigenvalue weighted by Crippen LogP contribution is 2.31. The molecule has 15 heavy (non-hydrogen) atoms. The second-order valence-corrected chi connectivity index (χ2v) is 3.30. The van der Waals surface area contributed by atoms with Crippen LogP contribution in [0.3, 0.4) is 0 Å². The summed E-state index contributed by atoms with van der Waals surface area (Å²) in [6.45, 7) is 1.44. The number of amidine groups is 1. The minimum absolute atomic E-state index is 0.0123. The second-order valence-electron chi connectivity index (χ2n) is 2.89. The van der Waals surface area contributed by atoms with Crippen LogP contribution >= 0.6 is 11.6 Å². The Bertz CT molecular complexity index is 397. The average Bonchev–Trinajstić information content (AvgIpc) is 2.17. The Kier molecular flexibility index (Phi) is 3.49. The number of nitrogens with one attached hydrogen (secondary N) is 1. The molecule has 0 bridgehead atoms. The number of halogens is 2. The lowest BCUT2D eigenvalue weighted by Crippen LogP contribution is -2.35. The minimum atomic E-state index is -0.602. The van der Waals surface area contributed by atoms with Crippen LogP contribution < -0.4 is 15.6 Å². The van der Waals surface area contributed by atoms with Crippen molar-refractivity contribution in [3.05, 3.63) is 23.0 Å². The van der Waals surface area contributed by atoms with Crippen molar-refractivity contribution in [1.82, 2.24) is 0 Å². The smallest absolute Gasteiger partial charge is 0.150 e. The van der Waals surface area contributed by atoms with Gasteiger partial charge >= 0.3 is 0 Å². The Labute approximate surface area is 91.9 Å². The summed E-state index contributed by atoms with van der Waals surface area (Å²) in [6, 6.07) is 2.44. The van der Waals surface area contributed by atoms with E-state index in [0.29, 0.717) is 5.75 Å². The molecule has 0 aromatic heterocycles. The zero-order valence-corrected chi connectivity index (χ0v) is 9.10. The third-order valence-corrected chi connectivity index (χ3v) is 2.14. The van der Waals surface area contributed by atoms with Crippen LogP contribution in [0.2, 0.25) is 5.02 Å². The quantitative estimate of drug-likeness (QED) is 0.355. The molecule has 0 fully saturated rings. The average molecular weight is 232 g/mol. The van der Waals surface area contributed by atoms with Gasteiger partial charge in [0.1, 0.15) is 17.4 Å². The number of rotatable bonds is 2. The maximum atomic E-state index is 13.4. The van der Waals surface area contributed by atoms with Crippen LogP contribution in [0.4, 0.5) is 10.1 Å². The third-order valence-electron chi connectivity index (χ3n) is 1.84. The number of methoxy groups -OCH3 is 1. The van der Waals surface area contributed by atoms with E-state index >= 15 is 0 Å². The molecular weight excluding hydrogens is 221 g/mol. The first-order valence-electron chi connectivity index (χ1n) is 4.10. The number of nitrogens with zero attached hydrogens (tertiary/aromatic N) is 1. The highest BCUT2D eigenvalue weighted by molar-refractivity contribution is 6.32. The van der Waals surface area contributed by atoms with E-state index in [1.807, 2.05) is 0 Å². The van der Waals surface area contributed by atoms with Gasteiger partial charge in [-0.05, 0) is 13.0 Å². The van der Waals surface area contributed by atoms with E-state index in [0.717, 1.165) is 11.1 Å². The summed E-state index contributed by atoms with van der Waals surface area (Å²) >= 11 is 5.71. The molecule has 1 aromatic carbocycles. The number of hydrogen-bond donors (Lipinski definition) is 2. The summed E-state index contributed by atoms with van der Waals surface area (Å²) in [5.74, 6) is 5.20. The van der Waals surface area contributed by atoms with Gasteiger partial charge in [-0.25, -0.2) is 10.2 Å². The highest BCUT2D eigenvalue weighted by atomic mass is 35.5. The molecule has 3 N–H and O–H groups in total. The molecule has 82 valence electrons. The van der Waals surface area contributed by atoms with Crippen LogP contribution in [-0.4, -0.2) is 12.9 Å². The van der Waals surface area contributed by atoms with Gasteiger partial charge < -0.3 is 4.74 Å². The van der Waals surface area contributed by atoms with E-state index in [1.54, 1.807) is 0 Å². The first-order valence-corrected chi connectivity index (χ1v) is 4.48. The predicted molar refractivity (Wildman–Crippen MR) is 58.0 cm³/mol. The summed E-state index contributed by atoms with van der Waals surface area (Å²) in [4.78, 5) is 0. The maximum Gasteiger partial charge on any atom is 0.150 e. The van der Waals surface area contributed by atoms with E-state index in [2.05, 4.69) is 0 Å². The van der Waals surface area contributed by atoms with Gasteiger partial charge in [-0.3, -0.25) is 10.4 Å². The van der Waals surface area contributed by atoms with E-state index in [4.69, 9.17) is 27.6 Å². The zero-order valence-electron chi connectivity index (χ0n) is 8.34. The molecule has 0 saturated heterocycles. The molecule has 1 rings (SSSR count). The Morgan fingerprint density at radius 1 is 1.60 bits per heavy atom. The van der Waals surface area contributed by atoms with Crippen LogP contribution in [-0.2, 0) is 0 Å². The molecular formula is C9H11ClFN3O. The van der Waals surface area contributed by atoms with E-state index in [9.17, 15) is 4.39 Å². The SMILES string of the molecule is COc1cc(N(N)C(C)=N)c(F)cc1Cl. The van der Waals surface area contributed by atoms with Gasteiger partial charge in [0.25, 0.3) is 0 Å². The minimum Gasteiger partial charge on any atom is -0.495 e. The standard InChI is InChI=1S/C9H11ClFN3O/c1-5(12)14(13)8-4-9(15-2)6(10)3-7(8)11/h3-4,12H,13H2,1-2H3. The summed E-state index contributed by atoms with van der Waals surface area (Å²) in [5.41, 5.74) is 0.0451. The Balaban J connectivity index is 3.24. The van der Waals surface area contributed by atoms with Crippen molar-refractivity contribution >= 4 is 23.1 Å². The monoisotopic (exact) mass is 231 g/mol. The number of hydrazine groups is 1.